The van der Waals surface area contributed by atoms with Gasteiger partial charge in [-0.1, -0.05) is 6.07 Å². The second-order valence-corrected chi connectivity index (χ2v) is 4.91. The molecule has 4 nitrogen and oxygen atoms in total. The molecule has 0 amide bonds. The summed E-state index contributed by atoms with van der Waals surface area (Å²) in [6.45, 7) is 0.212. The van der Waals surface area contributed by atoms with Gasteiger partial charge in [0, 0.05) is 16.3 Å². The van der Waals surface area contributed by atoms with Crippen LogP contribution in [0.15, 0.2) is 29.2 Å². The van der Waals surface area contributed by atoms with Gasteiger partial charge in [0.1, 0.15) is 12.2 Å². The summed E-state index contributed by atoms with van der Waals surface area (Å²) in [6.07, 6.45) is -1.85. The van der Waals surface area contributed by atoms with Gasteiger partial charge in [0.15, 0.2) is 0 Å². The Bertz CT molecular complexity index is 361. The van der Waals surface area contributed by atoms with E-state index < -0.39 is 12.2 Å². The highest BCUT2D eigenvalue weighted by Gasteiger charge is 2.34. The fraction of sp³-hybridized carbons (Fsp3) is 0.455. The molecule has 3 atom stereocenters. The fourth-order valence-corrected chi connectivity index (χ4v) is 2.64. The fourth-order valence-electron chi connectivity index (χ4n) is 1.60. The Morgan fingerprint density at radius 1 is 1.44 bits per heavy atom. The van der Waals surface area contributed by atoms with Crippen LogP contribution in [0.4, 0.5) is 5.69 Å². The van der Waals surface area contributed by atoms with Gasteiger partial charge in [0.25, 0.3) is 0 Å². The first-order valence-corrected chi connectivity index (χ1v) is 6.11. The Morgan fingerprint density at radius 3 is 2.88 bits per heavy atom. The predicted molar refractivity (Wildman–Crippen MR) is 63.3 cm³/mol. The molecule has 0 aromatic heterocycles. The minimum absolute atomic E-state index is 0.212. The van der Waals surface area contributed by atoms with Crippen molar-refractivity contribution in [3.8, 4) is 0 Å². The lowest BCUT2D eigenvalue weighted by Gasteiger charge is -2.14. The molecule has 0 saturated carbocycles. The molecular weight excluding hydrogens is 226 g/mol. The van der Waals surface area contributed by atoms with Gasteiger partial charge in [-0.3, -0.25) is 0 Å². The number of thioether (sulfide) groups is 1. The van der Waals surface area contributed by atoms with Crippen molar-refractivity contribution in [2.24, 2.45) is 0 Å². The maximum atomic E-state index is 9.58. The van der Waals surface area contributed by atoms with Gasteiger partial charge in [0.2, 0.25) is 0 Å². The minimum atomic E-state index is -0.784. The lowest BCUT2D eigenvalue weighted by atomic mass is 10.2. The maximum absolute atomic E-state index is 9.58. The van der Waals surface area contributed by atoms with Gasteiger partial charge < -0.3 is 20.7 Å². The van der Waals surface area contributed by atoms with E-state index in [9.17, 15) is 10.2 Å². The molecule has 0 bridgehead atoms. The maximum Gasteiger partial charge on any atom is 0.109 e. The molecule has 0 aliphatic carbocycles. The van der Waals surface area contributed by atoms with Crippen LogP contribution in [0.3, 0.4) is 0 Å². The Labute approximate surface area is 98.4 Å². The first-order chi connectivity index (χ1) is 7.66. The van der Waals surface area contributed by atoms with Crippen molar-refractivity contribution in [2.75, 3.05) is 18.1 Å². The highest BCUT2D eigenvalue weighted by Crippen LogP contribution is 2.25. The third-order valence-electron chi connectivity index (χ3n) is 2.53. The van der Waals surface area contributed by atoms with E-state index in [1.807, 2.05) is 24.3 Å². The Hall–Kier alpha value is -0.750. The molecule has 1 aliphatic rings. The van der Waals surface area contributed by atoms with Crippen LogP contribution in [0.1, 0.15) is 0 Å². The predicted octanol–water partition coefficient (Wildman–Crippen LogP) is 0.481. The molecular formula is C11H15NO3S. The zero-order valence-corrected chi connectivity index (χ0v) is 9.56. The number of nitrogen functional groups attached to an aromatic ring is 1. The molecule has 1 heterocycles. The molecule has 4 N–H and O–H groups in total. The summed E-state index contributed by atoms with van der Waals surface area (Å²) in [5, 5.41) is 18.9. The molecule has 5 heteroatoms. The molecule has 1 fully saturated rings. The Kier molecular flexibility index (Phi) is 3.70. The number of aliphatic hydroxyl groups is 2. The van der Waals surface area contributed by atoms with Crippen LogP contribution >= 0.6 is 11.8 Å². The van der Waals surface area contributed by atoms with Crippen molar-refractivity contribution in [3.63, 3.8) is 0 Å². The normalized spacial score (nSPS) is 29.5. The van der Waals surface area contributed by atoms with Gasteiger partial charge in [0.05, 0.1) is 12.7 Å². The van der Waals surface area contributed by atoms with Gasteiger partial charge >= 0.3 is 0 Å². The van der Waals surface area contributed by atoms with E-state index in [1.54, 1.807) is 11.8 Å². The average Bonchev–Trinajstić information content (AvgIpc) is 2.57. The average molecular weight is 241 g/mol. The summed E-state index contributed by atoms with van der Waals surface area (Å²) in [7, 11) is 0. The number of aliphatic hydroxyl groups excluding tert-OH is 2. The van der Waals surface area contributed by atoms with E-state index in [1.165, 1.54) is 0 Å². The quantitative estimate of drug-likeness (QED) is 0.530. The van der Waals surface area contributed by atoms with Crippen LogP contribution in [0.2, 0.25) is 0 Å². The third-order valence-corrected chi connectivity index (χ3v) is 3.61. The summed E-state index contributed by atoms with van der Waals surface area (Å²) in [6, 6.07) is 7.55. The molecule has 1 aliphatic heterocycles. The van der Waals surface area contributed by atoms with E-state index >= 15 is 0 Å². The molecule has 16 heavy (non-hydrogen) atoms. The van der Waals surface area contributed by atoms with Crippen LogP contribution in [0.5, 0.6) is 0 Å². The van der Waals surface area contributed by atoms with Crippen molar-refractivity contribution in [1.82, 2.24) is 0 Å². The topological polar surface area (TPSA) is 75.7 Å². The molecule has 0 spiro atoms. The van der Waals surface area contributed by atoms with Crippen molar-refractivity contribution in [3.05, 3.63) is 24.3 Å². The number of nitrogens with two attached hydrogens (primary N) is 1. The van der Waals surface area contributed by atoms with Gasteiger partial charge in [-0.2, -0.15) is 0 Å². The van der Waals surface area contributed by atoms with Crippen molar-refractivity contribution in [1.29, 1.82) is 0 Å². The van der Waals surface area contributed by atoms with E-state index in [2.05, 4.69) is 0 Å². The van der Waals surface area contributed by atoms with Gasteiger partial charge in [-0.15, -0.1) is 11.8 Å². The zero-order chi connectivity index (χ0) is 11.5. The lowest BCUT2D eigenvalue weighted by Crippen LogP contribution is -2.31. The van der Waals surface area contributed by atoms with E-state index in [-0.39, 0.29) is 12.7 Å². The Balaban J connectivity index is 1.88. The van der Waals surface area contributed by atoms with Crippen LogP contribution in [-0.4, -0.2) is 40.9 Å². The monoisotopic (exact) mass is 241 g/mol. The number of hydrogen-bond acceptors (Lipinski definition) is 5. The first kappa shape index (κ1) is 11.7. The summed E-state index contributed by atoms with van der Waals surface area (Å²) < 4.78 is 5.28. The summed E-state index contributed by atoms with van der Waals surface area (Å²) in [4.78, 5) is 1.04. The van der Waals surface area contributed by atoms with Gasteiger partial charge in [-0.25, -0.2) is 0 Å². The minimum Gasteiger partial charge on any atom is -0.399 e. The summed E-state index contributed by atoms with van der Waals surface area (Å²) in [5.41, 5.74) is 6.38. The SMILES string of the molecule is Nc1cccc(SCC2OCC(O)C2O)c1. The number of hydrogen-bond donors (Lipinski definition) is 3. The second kappa shape index (κ2) is 5.05. The summed E-state index contributed by atoms with van der Waals surface area (Å²) >= 11 is 1.56. The highest BCUT2D eigenvalue weighted by atomic mass is 32.2. The van der Waals surface area contributed by atoms with E-state index in [0.717, 1.165) is 10.6 Å². The summed E-state index contributed by atoms with van der Waals surface area (Å²) in [5.74, 6) is 0.613. The molecule has 1 aromatic carbocycles. The van der Waals surface area contributed by atoms with Crippen molar-refractivity contribution >= 4 is 17.4 Å². The highest BCUT2D eigenvalue weighted by molar-refractivity contribution is 7.99. The molecule has 3 unspecified atom stereocenters. The molecule has 1 saturated heterocycles. The lowest BCUT2D eigenvalue weighted by molar-refractivity contribution is 0.0337. The van der Waals surface area contributed by atoms with E-state index in [4.69, 9.17) is 10.5 Å². The molecule has 1 aromatic rings. The Morgan fingerprint density at radius 2 is 2.25 bits per heavy atom. The number of anilines is 1. The van der Waals surface area contributed by atoms with Gasteiger partial charge in [-0.05, 0) is 18.2 Å². The first-order valence-electron chi connectivity index (χ1n) is 5.13. The number of rotatable bonds is 3. The van der Waals surface area contributed by atoms with Crippen LogP contribution in [0, 0.1) is 0 Å². The van der Waals surface area contributed by atoms with E-state index in [0.29, 0.717) is 5.75 Å². The van der Waals surface area contributed by atoms with Crippen molar-refractivity contribution in [2.45, 2.75) is 23.2 Å². The van der Waals surface area contributed by atoms with Crippen LogP contribution in [0.25, 0.3) is 0 Å². The molecule has 0 radical (unpaired) electrons. The largest absolute Gasteiger partial charge is 0.399 e. The standard InChI is InChI=1S/C11H15NO3S/c12-7-2-1-3-8(4-7)16-6-10-11(14)9(13)5-15-10/h1-4,9-11,13-14H,5-6,12H2. The number of ether oxygens (including phenoxy) is 1. The molecule has 88 valence electrons. The zero-order valence-electron chi connectivity index (χ0n) is 8.74. The molecule has 2 rings (SSSR count). The smallest absolute Gasteiger partial charge is 0.109 e. The number of benzene rings is 1. The third kappa shape index (κ3) is 2.68. The van der Waals surface area contributed by atoms with Crippen LogP contribution < -0.4 is 5.73 Å². The van der Waals surface area contributed by atoms with Crippen molar-refractivity contribution < 1.29 is 14.9 Å². The second-order valence-electron chi connectivity index (χ2n) is 3.81. The van der Waals surface area contributed by atoms with Crippen LogP contribution in [-0.2, 0) is 4.74 Å².